The van der Waals surface area contributed by atoms with E-state index in [4.69, 9.17) is 14.7 Å². The Bertz CT molecular complexity index is 991. The summed E-state index contributed by atoms with van der Waals surface area (Å²) in [4.78, 5) is 16.2. The molecule has 2 aromatic carbocycles. The number of anilines is 3. The Hall–Kier alpha value is -3.35. The fraction of sp³-hybridized carbons (Fsp3) is 0.400. The standard InChI is InChI=1S/C25H32N6O/c1-31(18-19-10-5-3-6-11-19)25-29-23(26-17-20-12-9-15-22(16-20)32-2)28-24(30-25)27-21-13-7-4-8-14-21/h3,5-6,9-12,15-16,21H,4,7-8,13-14,17-18H2,1-2H3,(H2,26,27,28,29,30). The molecule has 1 heterocycles. The Morgan fingerprint density at radius 1 is 0.906 bits per heavy atom. The zero-order chi connectivity index (χ0) is 22.2. The molecule has 1 fully saturated rings. The van der Waals surface area contributed by atoms with Crippen LogP contribution in [0.5, 0.6) is 5.75 Å². The van der Waals surface area contributed by atoms with E-state index in [1.54, 1.807) is 7.11 Å². The van der Waals surface area contributed by atoms with Crippen LogP contribution in [0.4, 0.5) is 17.8 Å². The molecule has 7 heteroatoms. The van der Waals surface area contributed by atoms with Crippen LogP contribution in [0.25, 0.3) is 0 Å². The molecule has 0 atom stereocenters. The molecule has 1 aliphatic carbocycles. The lowest BCUT2D eigenvalue weighted by molar-refractivity contribution is 0.414. The van der Waals surface area contributed by atoms with E-state index in [1.165, 1.54) is 24.8 Å². The summed E-state index contributed by atoms with van der Waals surface area (Å²) in [6.07, 6.45) is 6.14. The van der Waals surface area contributed by atoms with Gasteiger partial charge in [0.15, 0.2) is 0 Å². The molecule has 4 rings (SSSR count). The fourth-order valence-electron chi connectivity index (χ4n) is 4.00. The van der Waals surface area contributed by atoms with Gasteiger partial charge >= 0.3 is 0 Å². The summed E-state index contributed by atoms with van der Waals surface area (Å²) in [6.45, 7) is 1.33. The highest BCUT2D eigenvalue weighted by Gasteiger charge is 2.17. The number of nitrogens with one attached hydrogen (secondary N) is 2. The van der Waals surface area contributed by atoms with E-state index >= 15 is 0 Å². The number of rotatable bonds is 9. The number of benzene rings is 2. The first-order valence-corrected chi connectivity index (χ1v) is 11.3. The minimum absolute atomic E-state index is 0.421. The quantitative estimate of drug-likeness (QED) is 0.499. The zero-order valence-electron chi connectivity index (χ0n) is 18.9. The summed E-state index contributed by atoms with van der Waals surface area (Å²) in [6, 6.07) is 18.8. The molecule has 0 bridgehead atoms. The summed E-state index contributed by atoms with van der Waals surface area (Å²) >= 11 is 0. The summed E-state index contributed by atoms with van der Waals surface area (Å²) < 4.78 is 5.33. The Kier molecular flexibility index (Phi) is 7.38. The minimum atomic E-state index is 0.421. The average Bonchev–Trinajstić information content (AvgIpc) is 2.84. The van der Waals surface area contributed by atoms with E-state index < -0.39 is 0 Å². The van der Waals surface area contributed by atoms with Gasteiger partial charge in [-0.25, -0.2) is 0 Å². The van der Waals surface area contributed by atoms with Crippen molar-refractivity contribution in [2.45, 2.75) is 51.2 Å². The predicted octanol–water partition coefficient (Wildman–Crippen LogP) is 4.87. The maximum Gasteiger partial charge on any atom is 0.231 e. The van der Waals surface area contributed by atoms with Crippen molar-refractivity contribution in [1.29, 1.82) is 0 Å². The Labute approximate surface area is 190 Å². The van der Waals surface area contributed by atoms with Crippen molar-refractivity contribution in [3.63, 3.8) is 0 Å². The Morgan fingerprint density at radius 2 is 1.66 bits per heavy atom. The van der Waals surface area contributed by atoms with Gasteiger partial charge in [0, 0.05) is 26.2 Å². The highest BCUT2D eigenvalue weighted by atomic mass is 16.5. The first-order chi connectivity index (χ1) is 15.7. The summed E-state index contributed by atoms with van der Waals surface area (Å²) in [7, 11) is 3.69. The van der Waals surface area contributed by atoms with Crippen molar-refractivity contribution >= 4 is 17.8 Å². The second-order valence-electron chi connectivity index (χ2n) is 8.31. The molecule has 168 valence electrons. The zero-order valence-corrected chi connectivity index (χ0v) is 18.9. The number of nitrogens with zero attached hydrogens (tertiary/aromatic N) is 4. The van der Waals surface area contributed by atoms with Crippen LogP contribution in [0, 0.1) is 0 Å². The third kappa shape index (κ3) is 6.09. The smallest absolute Gasteiger partial charge is 0.231 e. The topological polar surface area (TPSA) is 75.2 Å². The monoisotopic (exact) mass is 432 g/mol. The number of methoxy groups -OCH3 is 1. The third-order valence-corrected chi connectivity index (χ3v) is 5.75. The number of hydrogen-bond acceptors (Lipinski definition) is 7. The normalized spacial score (nSPS) is 14.1. The lowest BCUT2D eigenvalue weighted by Gasteiger charge is -2.24. The fourth-order valence-corrected chi connectivity index (χ4v) is 4.00. The van der Waals surface area contributed by atoms with Gasteiger partial charge in [0.25, 0.3) is 0 Å². The number of hydrogen-bond donors (Lipinski definition) is 2. The SMILES string of the molecule is COc1cccc(CNc2nc(NC3CCCCC3)nc(N(C)Cc3ccccc3)n2)c1. The summed E-state index contributed by atoms with van der Waals surface area (Å²) in [5, 5.41) is 6.91. The number of aromatic nitrogens is 3. The van der Waals surface area contributed by atoms with Gasteiger partial charge in [0.05, 0.1) is 7.11 Å². The first kappa shape index (κ1) is 21.9. The van der Waals surface area contributed by atoms with Crippen LogP contribution < -0.4 is 20.3 Å². The van der Waals surface area contributed by atoms with Crippen LogP contribution in [0.15, 0.2) is 54.6 Å². The third-order valence-electron chi connectivity index (χ3n) is 5.75. The van der Waals surface area contributed by atoms with Crippen molar-refractivity contribution in [3.05, 3.63) is 65.7 Å². The van der Waals surface area contributed by atoms with Crippen LogP contribution in [-0.2, 0) is 13.1 Å². The molecule has 32 heavy (non-hydrogen) atoms. The summed E-state index contributed by atoms with van der Waals surface area (Å²) in [5.74, 6) is 2.68. The maximum absolute atomic E-state index is 5.33. The first-order valence-electron chi connectivity index (χ1n) is 11.3. The highest BCUT2D eigenvalue weighted by molar-refractivity contribution is 5.45. The minimum Gasteiger partial charge on any atom is -0.497 e. The second-order valence-corrected chi connectivity index (χ2v) is 8.31. The van der Waals surface area contributed by atoms with Gasteiger partial charge in [-0.3, -0.25) is 0 Å². The molecule has 2 N–H and O–H groups in total. The van der Waals surface area contributed by atoms with Gasteiger partial charge in [-0.05, 0) is 36.1 Å². The van der Waals surface area contributed by atoms with E-state index in [1.807, 2.05) is 43.4 Å². The molecule has 1 saturated carbocycles. The second kappa shape index (κ2) is 10.8. The lowest BCUT2D eigenvalue weighted by Crippen LogP contribution is -2.26. The van der Waals surface area contributed by atoms with Gasteiger partial charge in [-0.1, -0.05) is 61.7 Å². The van der Waals surface area contributed by atoms with E-state index in [0.717, 1.165) is 30.7 Å². The van der Waals surface area contributed by atoms with Crippen molar-refractivity contribution in [2.24, 2.45) is 0 Å². The van der Waals surface area contributed by atoms with Gasteiger partial charge in [-0.2, -0.15) is 15.0 Å². The van der Waals surface area contributed by atoms with Crippen molar-refractivity contribution in [2.75, 3.05) is 29.7 Å². The Balaban J connectivity index is 1.53. The van der Waals surface area contributed by atoms with Gasteiger partial charge in [0.2, 0.25) is 17.8 Å². The lowest BCUT2D eigenvalue weighted by atomic mass is 9.96. The van der Waals surface area contributed by atoms with Crippen LogP contribution >= 0.6 is 0 Å². The van der Waals surface area contributed by atoms with E-state index in [0.29, 0.717) is 30.4 Å². The maximum atomic E-state index is 5.33. The molecule has 0 unspecified atom stereocenters. The van der Waals surface area contributed by atoms with Crippen LogP contribution in [0.2, 0.25) is 0 Å². The molecule has 1 aromatic heterocycles. The van der Waals surface area contributed by atoms with Crippen LogP contribution in [0.3, 0.4) is 0 Å². The highest BCUT2D eigenvalue weighted by Crippen LogP contribution is 2.22. The molecule has 0 radical (unpaired) electrons. The van der Waals surface area contributed by atoms with Gasteiger partial charge in [-0.15, -0.1) is 0 Å². The molecule has 0 spiro atoms. The molecule has 0 amide bonds. The van der Waals surface area contributed by atoms with Crippen molar-refractivity contribution < 1.29 is 4.74 Å². The largest absolute Gasteiger partial charge is 0.497 e. The molecule has 1 aliphatic rings. The molecule has 3 aromatic rings. The van der Waals surface area contributed by atoms with Crippen LogP contribution in [0.1, 0.15) is 43.2 Å². The molecular weight excluding hydrogens is 400 g/mol. The molecule has 0 saturated heterocycles. The van der Waals surface area contributed by atoms with Crippen LogP contribution in [-0.4, -0.2) is 35.2 Å². The van der Waals surface area contributed by atoms with Gasteiger partial charge in [0.1, 0.15) is 5.75 Å². The van der Waals surface area contributed by atoms with Crippen molar-refractivity contribution in [3.8, 4) is 5.75 Å². The van der Waals surface area contributed by atoms with E-state index in [9.17, 15) is 0 Å². The summed E-state index contributed by atoms with van der Waals surface area (Å²) in [5.41, 5.74) is 2.31. The van der Waals surface area contributed by atoms with Gasteiger partial charge < -0.3 is 20.3 Å². The molecular formula is C25H32N6O. The molecule has 7 nitrogen and oxygen atoms in total. The predicted molar refractivity (Wildman–Crippen MR) is 129 cm³/mol. The van der Waals surface area contributed by atoms with Crippen molar-refractivity contribution in [1.82, 2.24) is 15.0 Å². The van der Waals surface area contributed by atoms with E-state index in [2.05, 4.69) is 38.7 Å². The Morgan fingerprint density at radius 3 is 2.44 bits per heavy atom. The average molecular weight is 433 g/mol. The van der Waals surface area contributed by atoms with E-state index in [-0.39, 0.29) is 0 Å². The molecule has 0 aliphatic heterocycles. The number of ether oxygens (including phenoxy) is 1.